The van der Waals surface area contributed by atoms with Crippen molar-refractivity contribution in [2.45, 2.75) is 29.7 Å². The summed E-state index contributed by atoms with van der Waals surface area (Å²) in [6, 6.07) is 16.8. The number of hydrogen-bond donors (Lipinski definition) is 0. The van der Waals surface area contributed by atoms with Crippen LogP contribution in [-0.4, -0.2) is 55.0 Å². The largest absolute Gasteiger partial charge is 0.339 e. The number of hydrogen-bond acceptors (Lipinski definition) is 4. The molecule has 28 heavy (non-hydrogen) atoms. The number of rotatable bonds is 6. The van der Waals surface area contributed by atoms with Gasteiger partial charge in [0, 0.05) is 31.9 Å². The minimum absolute atomic E-state index is 0.0782. The average Bonchev–Trinajstić information content (AvgIpc) is 2.72. The third-order valence-electron chi connectivity index (χ3n) is 4.86. The Morgan fingerprint density at radius 3 is 2.36 bits per heavy atom. The molecule has 1 heterocycles. The van der Waals surface area contributed by atoms with Gasteiger partial charge in [-0.05, 0) is 31.5 Å². The number of sulfonamides is 1. The van der Waals surface area contributed by atoms with Gasteiger partial charge in [0.25, 0.3) is 0 Å². The minimum Gasteiger partial charge on any atom is -0.339 e. The third kappa shape index (κ3) is 4.96. The van der Waals surface area contributed by atoms with Crippen molar-refractivity contribution in [3.63, 3.8) is 0 Å². The van der Waals surface area contributed by atoms with Gasteiger partial charge in [0.15, 0.2) is 0 Å². The number of piperazine rings is 1. The molecule has 5 nitrogen and oxygen atoms in total. The Kier molecular flexibility index (Phi) is 6.80. The van der Waals surface area contributed by atoms with Crippen LogP contribution in [0.3, 0.4) is 0 Å². The maximum absolute atomic E-state index is 12.7. The molecule has 0 bridgehead atoms. The van der Waals surface area contributed by atoms with Crippen LogP contribution in [0.5, 0.6) is 0 Å². The second-order valence-electron chi connectivity index (χ2n) is 6.98. The van der Waals surface area contributed by atoms with E-state index in [-0.39, 0.29) is 11.2 Å². The first-order valence-corrected chi connectivity index (χ1v) is 11.9. The lowest BCUT2D eigenvalue weighted by Gasteiger charge is -2.35. The molecule has 0 aromatic heterocycles. The molecule has 0 radical (unpaired) electrons. The van der Waals surface area contributed by atoms with Crippen molar-refractivity contribution >= 4 is 27.7 Å². The minimum atomic E-state index is -3.49. The van der Waals surface area contributed by atoms with Crippen molar-refractivity contribution in [3.8, 4) is 0 Å². The van der Waals surface area contributed by atoms with Crippen LogP contribution in [0.1, 0.15) is 18.1 Å². The SMILES string of the molecule is Cc1cccc(CSC(C)C(=O)N2CCN(S(=O)(=O)c3ccccc3)CC2)c1. The second kappa shape index (κ2) is 9.11. The van der Waals surface area contributed by atoms with Crippen LogP contribution >= 0.6 is 11.8 Å². The zero-order valence-corrected chi connectivity index (χ0v) is 17.9. The van der Waals surface area contributed by atoms with Crippen LogP contribution in [0.2, 0.25) is 0 Å². The van der Waals surface area contributed by atoms with Gasteiger partial charge in [-0.2, -0.15) is 4.31 Å². The molecule has 7 heteroatoms. The molecule has 1 aliphatic rings. The summed E-state index contributed by atoms with van der Waals surface area (Å²) in [5, 5.41) is -0.155. The Balaban J connectivity index is 1.53. The highest BCUT2D eigenvalue weighted by atomic mass is 32.2. The van der Waals surface area contributed by atoms with E-state index in [2.05, 4.69) is 25.1 Å². The Bertz CT molecular complexity index is 908. The summed E-state index contributed by atoms with van der Waals surface area (Å²) < 4.78 is 26.9. The molecule has 0 aliphatic carbocycles. The Morgan fingerprint density at radius 1 is 1.04 bits per heavy atom. The normalized spacial score (nSPS) is 16.7. The number of carbonyl (C=O) groups is 1. The van der Waals surface area contributed by atoms with Gasteiger partial charge in [-0.1, -0.05) is 48.0 Å². The van der Waals surface area contributed by atoms with Crippen molar-refractivity contribution in [2.75, 3.05) is 26.2 Å². The standard InChI is InChI=1S/C21H26N2O3S2/c1-17-7-6-8-19(15-17)16-27-18(2)21(24)22-11-13-23(14-12-22)28(25,26)20-9-4-3-5-10-20/h3-10,15,18H,11-14,16H2,1-2H3. The van der Waals surface area contributed by atoms with E-state index in [4.69, 9.17) is 0 Å². The van der Waals surface area contributed by atoms with Crippen molar-refractivity contribution in [1.82, 2.24) is 9.21 Å². The van der Waals surface area contributed by atoms with E-state index in [1.165, 1.54) is 15.4 Å². The Morgan fingerprint density at radius 2 is 1.71 bits per heavy atom. The summed E-state index contributed by atoms with van der Waals surface area (Å²) >= 11 is 1.62. The molecular formula is C21H26N2O3S2. The van der Waals surface area contributed by atoms with Crippen LogP contribution < -0.4 is 0 Å². The first kappa shape index (κ1) is 20.9. The predicted molar refractivity (Wildman–Crippen MR) is 114 cm³/mol. The molecule has 1 fully saturated rings. The quantitative estimate of drug-likeness (QED) is 0.723. The van der Waals surface area contributed by atoms with Crippen molar-refractivity contribution in [1.29, 1.82) is 0 Å². The molecule has 150 valence electrons. The summed E-state index contributed by atoms with van der Waals surface area (Å²) in [5.41, 5.74) is 2.43. The van der Waals surface area contributed by atoms with Gasteiger partial charge in [0.1, 0.15) is 0 Å². The van der Waals surface area contributed by atoms with E-state index in [1.807, 2.05) is 13.0 Å². The van der Waals surface area contributed by atoms with Gasteiger partial charge >= 0.3 is 0 Å². The molecular weight excluding hydrogens is 392 g/mol. The monoisotopic (exact) mass is 418 g/mol. The lowest BCUT2D eigenvalue weighted by Crippen LogP contribution is -2.52. The first-order valence-electron chi connectivity index (χ1n) is 9.39. The average molecular weight is 419 g/mol. The fourth-order valence-electron chi connectivity index (χ4n) is 3.24. The number of aryl methyl sites for hydroxylation is 1. The zero-order chi connectivity index (χ0) is 20.1. The number of benzene rings is 2. The molecule has 0 spiro atoms. The molecule has 1 amide bonds. The van der Waals surface area contributed by atoms with Crippen LogP contribution in [-0.2, 0) is 20.6 Å². The van der Waals surface area contributed by atoms with Crippen molar-refractivity contribution in [3.05, 3.63) is 65.7 Å². The molecule has 1 saturated heterocycles. The van der Waals surface area contributed by atoms with E-state index >= 15 is 0 Å². The molecule has 2 aromatic rings. The van der Waals surface area contributed by atoms with Crippen molar-refractivity contribution < 1.29 is 13.2 Å². The lowest BCUT2D eigenvalue weighted by atomic mass is 10.2. The second-order valence-corrected chi connectivity index (χ2v) is 10.3. The highest BCUT2D eigenvalue weighted by Crippen LogP contribution is 2.22. The number of amides is 1. The summed E-state index contributed by atoms with van der Waals surface area (Å²) in [7, 11) is -3.49. The molecule has 1 unspecified atom stereocenters. The van der Waals surface area contributed by atoms with E-state index < -0.39 is 10.0 Å². The lowest BCUT2D eigenvalue weighted by molar-refractivity contribution is -0.131. The summed E-state index contributed by atoms with van der Waals surface area (Å²) in [6.07, 6.45) is 0. The number of carbonyl (C=O) groups excluding carboxylic acids is 1. The molecule has 2 aromatic carbocycles. The fourth-order valence-corrected chi connectivity index (χ4v) is 5.60. The molecule has 1 atom stereocenters. The molecule has 1 aliphatic heterocycles. The van der Waals surface area contributed by atoms with Gasteiger partial charge in [-0.3, -0.25) is 4.79 Å². The van der Waals surface area contributed by atoms with E-state index in [0.29, 0.717) is 31.1 Å². The van der Waals surface area contributed by atoms with Gasteiger partial charge in [0.05, 0.1) is 10.1 Å². The highest BCUT2D eigenvalue weighted by Gasteiger charge is 2.31. The van der Waals surface area contributed by atoms with Gasteiger partial charge in [-0.25, -0.2) is 8.42 Å². The fraction of sp³-hybridized carbons (Fsp3) is 0.381. The van der Waals surface area contributed by atoms with E-state index in [9.17, 15) is 13.2 Å². The van der Waals surface area contributed by atoms with Gasteiger partial charge < -0.3 is 4.90 Å². The predicted octanol–water partition coefficient (Wildman–Crippen LogP) is 3.15. The van der Waals surface area contributed by atoms with Crippen LogP contribution in [0.15, 0.2) is 59.5 Å². The molecule has 3 rings (SSSR count). The molecule has 0 N–H and O–H groups in total. The van der Waals surface area contributed by atoms with E-state index in [1.54, 1.807) is 47.0 Å². The van der Waals surface area contributed by atoms with Crippen molar-refractivity contribution in [2.24, 2.45) is 0 Å². The third-order valence-corrected chi connectivity index (χ3v) is 7.98. The Hall–Kier alpha value is -1.83. The van der Waals surface area contributed by atoms with Gasteiger partial charge in [-0.15, -0.1) is 11.8 Å². The van der Waals surface area contributed by atoms with Crippen LogP contribution in [0.4, 0.5) is 0 Å². The van der Waals surface area contributed by atoms with Crippen LogP contribution in [0.25, 0.3) is 0 Å². The first-order chi connectivity index (χ1) is 13.4. The molecule has 0 saturated carbocycles. The summed E-state index contributed by atoms with van der Waals surface area (Å²) in [6.45, 7) is 5.51. The maximum atomic E-state index is 12.7. The van der Waals surface area contributed by atoms with Crippen LogP contribution in [0, 0.1) is 6.92 Å². The topological polar surface area (TPSA) is 57.7 Å². The maximum Gasteiger partial charge on any atom is 0.243 e. The highest BCUT2D eigenvalue weighted by molar-refractivity contribution is 7.99. The van der Waals surface area contributed by atoms with Gasteiger partial charge in [0.2, 0.25) is 15.9 Å². The summed E-state index contributed by atoms with van der Waals surface area (Å²) in [5.74, 6) is 0.867. The summed E-state index contributed by atoms with van der Waals surface area (Å²) in [4.78, 5) is 14.8. The number of nitrogens with zero attached hydrogens (tertiary/aromatic N) is 2. The number of thioether (sulfide) groups is 1. The Labute approximate surface area is 171 Å². The van der Waals surface area contributed by atoms with E-state index in [0.717, 1.165) is 5.75 Å². The smallest absolute Gasteiger partial charge is 0.243 e. The zero-order valence-electron chi connectivity index (χ0n) is 16.2.